The average molecular weight is 347 g/mol. The standard InChI is InChI=1S/C24H16N2/c1-3-13-21-15(7-1)17-9-5-11-19(23(17)25-21)20-12-6-10-18-16-8-2-4-14-22(16)26-24(18)20/h1-14,25-26H/i1D,2D,3D,4D,5D,6D,7D,8D,9D,10D,11D,12D,13D,14D/hD. The minimum Gasteiger partial charge on any atom is -0.354 e. The number of aromatic amines is 2. The highest BCUT2D eigenvalue weighted by Gasteiger charge is 2.13. The van der Waals surface area contributed by atoms with E-state index >= 15 is 0 Å². The summed E-state index contributed by atoms with van der Waals surface area (Å²) in [6.07, 6.45) is 0. The molecule has 0 amide bonds. The zero-order chi connectivity index (χ0) is 30.1. The maximum Gasteiger partial charge on any atom is 0.167 e. The summed E-state index contributed by atoms with van der Waals surface area (Å²) in [6.45, 7) is 0. The van der Waals surface area contributed by atoms with Gasteiger partial charge in [-0.2, -0.15) is 0 Å². The van der Waals surface area contributed by atoms with Gasteiger partial charge in [-0.3, -0.25) is 0 Å². The van der Waals surface area contributed by atoms with Gasteiger partial charge in [0.25, 0.3) is 0 Å². The summed E-state index contributed by atoms with van der Waals surface area (Å²) >= 11 is 0. The van der Waals surface area contributed by atoms with E-state index in [0.717, 1.165) is 0 Å². The predicted octanol–water partition coefficient (Wildman–Crippen LogP) is 6.62. The molecule has 0 aliphatic heterocycles. The Hall–Kier alpha value is -3.52. The number of benzene rings is 4. The Bertz CT molecular complexity index is 2210. The maximum atomic E-state index is 8.85. The summed E-state index contributed by atoms with van der Waals surface area (Å²) in [5.74, 6) is 0. The fourth-order valence-electron chi connectivity index (χ4n) is 3.18. The Morgan fingerprint density at radius 3 is 1.85 bits per heavy atom. The molecule has 0 saturated carbocycles. The Morgan fingerprint density at radius 2 is 1.08 bits per heavy atom. The molecule has 0 unspecified atom stereocenters. The molecule has 122 valence electrons. The van der Waals surface area contributed by atoms with Crippen molar-refractivity contribution in [3.8, 4) is 11.1 Å². The lowest BCUT2D eigenvalue weighted by atomic mass is 9.99. The van der Waals surface area contributed by atoms with E-state index in [1.54, 1.807) is 0 Å². The molecule has 0 aliphatic carbocycles. The van der Waals surface area contributed by atoms with E-state index < -0.39 is 84.6 Å². The zero-order valence-corrected chi connectivity index (χ0v) is 12.9. The first-order valence-electron chi connectivity index (χ1n) is 15.1. The van der Waals surface area contributed by atoms with Crippen LogP contribution in [0.3, 0.4) is 0 Å². The number of fused-ring (bicyclic) bond motifs is 6. The lowest BCUT2D eigenvalue weighted by Gasteiger charge is -2.06. The number of aromatic nitrogens is 2. The van der Waals surface area contributed by atoms with Gasteiger partial charge < -0.3 is 9.96 Å². The summed E-state index contributed by atoms with van der Waals surface area (Å²) in [4.78, 5) is 3.43. The molecule has 0 radical (unpaired) electrons. The first-order chi connectivity index (χ1) is 19.1. The van der Waals surface area contributed by atoms with Gasteiger partial charge in [-0.25, -0.2) is 0 Å². The van der Waals surface area contributed by atoms with Crippen LogP contribution in [0.1, 0.15) is 19.2 Å². The van der Waals surface area contributed by atoms with E-state index in [4.69, 9.17) is 20.6 Å². The topological polar surface area (TPSA) is 31.6 Å². The molecule has 0 saturated heterocycles. The molecule has 0 fully saturated rings. The van der Waals surface area contributed by atoms with Crippen LogP contribution in [0.25, 0.3) is 54.7 Å². The third-order valence-electron chi connectivity index (χ3n) is 4.30. The number of hydrogen-bond acceptors (Lipinski definition) is 0. The molecular weight excluding hydrogens is 316 g/mol. The van der Waals surface area contributed by atoms with Crippen LogP contribution in [0.15, 0.2) is 84.6 Å². The summed E-state index contributed by atoms with van der Waals surface area (Å²) in [5.41, 5.74) is -1.51. The van der Waals surface area contributed by atoms with E-state index in [1.807, 2.05) is 0 Å². The van der Waals surface area contributed by atoms with Gasteiger partial charge in [0.05, 0.1) is 30.2 Å². The first-order valence-corrected chi connectivity index (χ1v) is 7.70. The molecule has 0 atom stereocenters. The number of rotatable bonds is 1. The number of nitrogens with one attached hydrogen (secondary N) is 2. The van der Waals surface area contributed by atoms with Crippen molar-refractivity contribution in [3.63, 3.8) is 0 Å². The van der Waals surface area contributed by atoms with Crippen molar-refractivity contribution < 1.29 is 20.6 Å². The van der Waals surface area contributed by atoms with Crippen molar-refractivity contribution in [1.29, 1.82) is 0 Å². The molecule has 26 heavy (non-hydrogen) atoms. The Kier molecular flexibility index (Phi) is 1.10. The molecule has 6 aromatic rings. The summed E-state index contributed by atoms with van der Waals surface area (Å²) in [7, 11) is 0. The highest BCUT2D eigenvalue weighted by atomic mass is 14.7. The van der Waals surface area contributed by atoms with Crippen LogP contribution < -0.4 is 0 Å². The van der Waals surface area contributed by atoms with E-state index in [1.165, 1.54) is 0 Å². The average Bonchev–Trinajstić information content (AvgIpc) is 3.48. The third kappa shape index (κ3) is 1.76. The van der Waals surface area contributed by atoms with Crippen molar-refractivity contribution in [2.45, 2.75) is 0 Å². The van der Waals surface area contributed by atoms with Crippen LogP contribution >= 0.6 is 0 Å². The second-order valence-corrected chi connectivity index (χ2v) is 5.68. The van der Waals surface area contributed by atoms with Crippen LogP contribution in [-0.2, 0) is 0 Å². The van der Waals surface area contributed by atoms with Crippen molar-refractivity contribution in [2.75, 3.05) is 0 Å². The largest absolute Gasteiger partial charge is 0.354 e. The van der Waals surface area contributed by atoms with Gasteiger partial charge in [0, 0.05) is 43.7 Å². The second-order valence-electron chi connectivity index (χ2n) is 5.68. The van der Waals surface area contributed by atoms with E-state index in [-0.39, 0.29) is 54.7 Å². The Morgan fingerprint density at radius 1 is 0.538 bits per heavy atom. The smallest absolute Gasteiger partial charge is 0.167 e. The number of hydrogen-bond donors (Lipinski definition) is 2. The maximum absolute atomic E-state index is 8.85. The highest BCUT2D eigenvalue weighted by Crippen LogP contribution is 2.37. The van der Waals surface area contributed by atoms with Crippen molar-refractivity contribution in [3.05, 3.63) is 84.6 Å². The van der Waals surface area contributed by atoms with Crippen LogP contribution in [0.5, 0.6) is 0 Å². The molecule has 2 N–H and O–H groups in total. The molecule has 0 aliphatic rings. The molecule has 2 aromatic heterocycles. The minimum atomic E-state index is -0.679. The quantitative estimate of drug-likeness (QED) is 0.335. The van der Waals surface area contributed by atoms with Crippen LogP contribution in [0.4, 0.5) is 0 Å². The van der Waals surface area contributed by atoms with Gasteiger partial charge in [-0.15, -0.1) is 0 Å². The minimum absolute atomic E-state index is 0.122. The fourth-order valence-corrected chi connectivity index (χ4v) is 3.18. The van der Waals surface area contributed by atoms with Crippen LogP contribution in [0.2, 0.25) is 1.41 Å². The molecule has 0 bridgehead atoms. The molecule has 2 heteroatoms. The molecule has 4 aromatic carbocycles. The van der Waals surface area contributed by atoms with Gasteiger partial charge in [0.15, 0.2) is 1.41 Å². The molecule has 2 heterocycles. The normalized spacial score (nSPS) is 19.9. The van der Waals surface area contributed by atoms with Crippen LogP contribution in [0, 0.1) is 0 Å². The summed E-state index contributed by atoms with van der Waals surface area (Å²) in [5, 5.41) is -0.744. The van der Waals surface area contributed by atoms with E-state index in [9.17, 15) is 0 Å². The second kappa shape index (κ2) is 4.99. The number of H-pyrrole nitrogens is 2. The number of para-hydroxylation sites is 4. The molecular formula is C24H16N2. The van der Waals surface area contributed by atoms with Crippen molar-refractivity contribution in [2.24, 2.45) is 0 Å². The third-order valence-corrected chi connectivity index (χ3v) is 4.30. The summed E-state index contributed by atoms with van der Waals surface area (Å²) < 4.78 is 127. The zero-order valence-electron chi connectivity index (χ0n) is 27.9. The lowest BCUT2D eigenvalue weighted by Crippen LogP contribution is -1.82. The highest BCUT2D eigenvalue weighted by molar-refractivity contribution is 6.16. The van der Waals surface area contributed by atoms with E-state index in [0.29, 0.717) is 4.98 Å². The summed E-state index contributed by atoms with van der Waals surface area (Å²) in [6, 6.07) is -8.29. The SMILES string of the molecule is [2H]c1c([2H])c([2H])c2c([nH]c3c(-c4c([2H])c([2H])c([2H])c5c6c([2H])c([2H])c([2H])c([2H])c6n([2H])c45)c([2H])c([2H])c([2H])c32)c1[2H]. The van der Waals surface area contributed by atoms with Gasteiger partial charge in [0.2, 0.25) is 0 Å². The van der Waals surface area contributed by atoms with Crippen molar-refractivity contribution in [1.82, 2.24) is 9.96 Å². The van der Waals surface area contributed by atoms with Gasteiger partial charge in [-0.05, 0) is 12.1 Å². The van der Waals surface area contributed by atoms with Gasteiger partial charge in [0.1, 0.15) is 0 Å². The van der Waals surface area contributed by atoms with Gasteiger partial charge >= 0.3 is 0 Å². The van der Waals surface area contributed by atoms with E-state index in [2.05, 4.69) is 4.98 Å². The molecule has 0 spiro atoms. The first kappa shape index (κ1) is 5.75. The lowest BCUT2D eigenvalue weighted by molar-refractivity contribution is 1.52. The monoisotopic (exact) mass is 347 g/mol. The predicted molar refractivity (Wildman–Crippen MR) is 111 cm³/mol. The molecule has 2 nitrogen and oxygen atoms in total. The van der Waals surface area contributed by atoms with Gasteiger partial charge in [-0.1, -0.05) is 72.5 Å². The Balaban J connectivity index is 1.97. The van der Waals surface area contributed by atoms with Crippen molar-refractivity contribution >= 4 is 43.6 Å². The fraction of sp³-hybridized carbons (Fsp3) is 0. The molecule has 6 rings (SSSR count). The van der Waals surface area contributed by atoms with Crippen LogP contribution in [-0.4, -0.2) is 9.96 Å². The Labute approximate surface area is 171 Å².